The number of halogens is 1. The van der Waals surface area contributed by atoms with Crippen molar-refractivity contribution in [2.24, 2.45) is 0 Å². The number of carbonyl (C=O) groups is 1. The number of carbonyl (C=O) groups excluding carboxylic acids is 1. The van der Waals surface area contributed by atoms with E-state index in [1.807, 2.05) is 48.5 Å². The fourth-order valence-electron chi connectivity index (χ4n) is 3.49. The van der Waals surface area contributed by atoms with Gasteiger partial charge in [-0.05, 0) is 53.9 Å². The lowest BCUT2D eigenvalue weighted by Crippen LogP contribution is -2.30. The number of hydrogen-bond acceptors (Lipinski definition) is 4. The molecule has 1 amide bonds. The second-order valence-corrected chi connectivity index (χ2v) is 7.70. The minimum atomic E-state index is -0.327. The minimum Gasteiger partial charge on any atom is -0.497 e. The Labute approximate surface area is 190 Å². The molecule has 3 aromatic carbocycles. The van der Waals surface area contributed by atoms with Crippen LogP contribution in [0.5, 0.6) is 5.75 Å². The molecule has 1 heterocycles. The molecule has 6 nitrogen and oxygen atoms in total. The predicted octanol–water partition coefficient (Wildman–Crippen LogP) is 4.91. The standard InChI is InChI=1S/C25H22ClN3O3/c1-32-22-11-10-17-12-18(15-27-20-7-3-2-4-8-20)25(31)29(23(17)14-22)16-24(30)28-21-9-5-6-19(26)13-21/h2-14,27H,15-16H2,1H3,(H,28,30). The summed E-state index contributed by atoms with van der Waals surface area (Å²) in [5.41, 5.74) is 2.42. The zero-order chi connectivity index (χ0) is 22.5. The zero-order valence-electron chi connectivity index (χ0n) is 17.5. The van der Waals surface area contributed by atoms with Crippen LogP contribution in [-0.2, 0) is 17.9 Å². The summed E-state index contributed by atoms with van der Waals surface area (Å²) in [4.78, 5) is 26.1. The van der Waals surface area contributed by atoms with Crippen molar-refractivity contribution < 1.29 is 9.53 Å². The van der Waals surface area contributed by atoms with Crippen LogP contribution in [0.1, 0.15) is 5.56 Å². The van der Waals surface area contributed by atoms with Crippen LogP contribution in [0.2, 0.25) is 5.02 Å². The molecule has 0 saturated heterocycles. The molecule has 0 atom stereocenters. The van der Waals surface area contributed by atoms with Gasteiger partial charge in [0.05, 0.1) is 12.6 Å². The molecule has 1 aromatic heterocycles. The van der Waals surface area contributed by atoms with Crippen LogP contribution >= 0.6 is 11.6 Å². The number of hydrogen-bond donors (Lipinski definition) is 2. The van der Waals surface area contributed by atoms with E-state index < -0.39 is 0 Å². The number of nitrogens with one attached hydrogen (secondary N) is 2. The normalized spacial score (nSPS) is 10.7. The second-order valence-electron chi connectivity index (χ2n) is 7.26. The van der Waals surface area contributed by atoms with Gasteiger partial charge in [-0.25, -0.2) is 0 Å². The number of nitrogens with zero attached hydrogens (tertiary/aromatic N) is 1. The monoisotopic (exact) mass is 447 g/mol. The Morgan fingerprint density at radius 3 is 2.50 bits per heavy atom. The lowest BCUT2D eigenvalue weighted by molar-refractivity contribution is -0.116. The first-order chi connectivity index (χ1) is 15.5. The van der Waals surface area contributed by atoms with Crippen LogP contribution in [0.25, 0.3) is 10.9 Å². The van der Waals surface area contributed by atoms with Gasteiger partial charge >= 0.3 is 0 Å². The van der Waals surface area contributed by atoms with E-state index in [1.54, 1.807) is 37.4 Å². The number of anilines is 2. The number of rotatable bonds is 7. The summed E-state index contributed by atoms with van der Waals surface area (Å²) < 4.78 is 6.80. The van der Waals surface area contributed by atoms with Crippen LogP contribution in [0.4, 0.5) is 11.4 Å². The van der Waals surface area contributed by atoms with Crippen LogP contribution < -0.4 is 20.9 Å². The molecule has 162 valence electrons. The molecule has 32 heavy (non-hydrogen) atoms. The molecule has 7 heteroatoms. The third-order valence-electron chi connectivity index (χ3n) is 5.04. The highest BCUT2D eigenvalue weighted by Crippen LogP contribution is 2.21. The highest BCUT2D eigenvalue weighted by Gasteiger charge is 2.14. The van der Waals surface area contributed by atoms with Gasteiger partial charge in [-0.1, -0.05) is 35.9 Å². The van der Waals surface area contributed by atoms with Crippen molar-refractivity contribution in [3.8, 4) is 5.75 Å². The highest BCUT2D eigenvalue weighted by molar-refractivity contribution is 6.30. The lowest BCUT2D eigenvalue weighted by Gasteiger charge is -2.15. The molecule has 0 aliphatic heterocycles. The van der Waals surface area contributed by atoms with Crippen molar-refractivity contribution >= 4 is 39.8 Å². The van der Waals surface area contributed by atoms with Crippen molar-refractivity contribution in [1.82, 2.24) is 4.57 Å². The molecule has 4 rings (SSSR count). The summed E-state index contributed by atoms with van der Waals surface area (Å²) in [6, 6.07) is 23.8. The van der Waals surface area contributed by atoms with Crippen molar-refractivity contribution in [2.75, 3.05) is 17.7 Å². The molecule has 0 radical (unpaired) electrons. The molecular formula is C25H22ClN3O3. The van der Waals surface area contributed by atoms with Gasteiger partial charge < -0.3 is 15.4 Å². The van der Waals surface area contributed by atoms with Crippen LogP contribution in [0.15, 0.2) is 83.7 Å². The van der Waals surface area contributed by atoms with Gasteiger partial charge in [-0.3, -0.25) is 14.2 Å². The van der Waals surface area contributed by atoms with Crippen LogP contribution in [0, 0.1) is 0 Å². The third kappa shape index (κ3) is 4.92. The van der Waals surface area contributed by atoms with E-state index in [0.29, 0.717) is 34.1 Å². The number of amides is 1. The van der Waals surface area contributed by atoms with Crippen molar-refractivity contribution in [1.29, 1.82) is 0 Å². The number of fused-ring (bicyclic) bond motifs is 1. The van der Waals surface area contributed by atoms with Crippen molar-refractivity contribution in [3.63, 3.8) is 0 Å². The van der Waals surface area contributed by atoms with Gasteiger partial charge in [0.1, 0.15) is 12.3 Å². The van der Waals surface area contributed by atoms with Crippen LogP contribution in [0.3, 0.4) is 0 Å². The summed E-state index contributed by atoms with van der Waals surface area (Å²) >= 11 is 6.00. The van der Waals surface area contributed by atoms with Crippen molar-refractivity contribution in [3.05, 3.63) is 99.8 Å². The van der Waals surface area contributed by atoms with Gasteiger partial charge in [0, 0.05) is 34.6 Å². The van der Waals surface area contributed by atoms with E-state index in [9.17, 15) is 9.59 Å². The molecule has 0 bridgehead atoms. The maximum absolute atomic E-state index is 13.3. The Bertz CT molecular complexity index is 1320. The van der Waals surface area contributed by atoms with Gasteiger partial charge in [-0.15, -0.1) is 0 Å². The molecule has 0 aliphatic rings. The Hall–Kier alpha value is -3.77. The summed E-state index contributed by atoms with van der Waals surface area (Å²) in [5, 5.41) is 7.42. The first-order valence-electron chi connectivity index (χ1n) is 10.1. The fraction of sp³-hybridized carbons (Fsp3) is 0.120. The molecule has 0 fully saturated rings. The Balaban J connectivity index is 1.68. The zero-order valence-corrected chi connectivity index (χ0v) is 18.2. The maximum atomic E-state index is 13.3. The number of benzene rings is 3. The first-order valence-corrected chi connectivity index (χ1v) is 10.5. The van der Waals surface area contributed by atoms with E-state index in [1.165, 1.54) is 4.57 Å². The molecule has 4 aromatic rings. The highest BCUT2D eigenvalue weighted by atomic mass is 35.5. The van der Waals surface area contributed by atoms with Gasteiger partial charge in [-0.2, -0.15) is 0 Å². The van der Waals surface area contributed by atoms with E-state index in [-0.39, 0.29) is 18.0 Å². The largest absolute Gasteiger partial charge is 0.497 e. The summed E-state index contributed by atoms with van der Waals surface area (Å²) in [6.45, 7) is 0.189. The Morgan fingerprint density at radius 2 is 1.75 bits per heavy atom. The molecule has 2 N–H and O–H groups in total. The maximum Gasteiger partial charge on any atom is 0.256 e. The number of methoxy groups -OCH3 is 1. The molecule has 0 spiro atoms. The average Bonchev–Trinajstić information content (AvgIpc) is 2.80. The Kier molecular flexibility index (Phi) is 6.42. The van der Waals surface area contributed by atoms with Gasteiger partial charge in [0.2, 0.25) is 5.91 Å². The van der Waals surface area contributed by atoms with Crippen molar-refractivity contribution in [2.45, 2.75) is 13.1 Å². The summed E-state index contributed by atoms with van der Waals surface area (Å²) in [7, 11) is 1.56. The third-order valence-corrected chi connectivity index (χ3v) is 5.28. The second kappa shape index (κ2) is 9.58. The topological polar surface area (TPSA) is 72.4 Å². The smallest absolute Gasteiger partial charge is 0.256 e. The van der Waals surface area contributed by atoms with E-state index in [2.05, 4.69) is 10.6 Å². The molecule has 0 saturated carbocycles. The lowest BCUT2D eigenvalue weighted by atomic mass is 10.1. The summed E-state index contributed by atoms with van der Waals surface area (Å²) in [5.74, 6) is 0.280. The minimum absolute atomic E-state index is 0.145. The molecule has 0 unspecified atom stereocenters. The first kappa shape index (κ1) is 21.5. The predicted molar refractivity (Wildman–Crippen MR) is 129 cm³/mol. The van der Waals surface area contributed by atoms with Crippen LogP contribution in [-0.4, -0.2) is 17.6 Å². The summed E-state index contributed by atoms with van der Waals surface area (Å²) in [6.07, 6.45) is 0. The number of para-hydroxylation sites is 1. The SMILES string of the molecule is COc1ccc2cc(CNc3ccccc3)c(=O)n(CC(=O)Nc3cccc(Cl)c3)c2c1. The number of aromatic nitrogens is 1. The van der Waals surface area contributed by atoms with E-state index in [4.69, 9.17) is 16.3 Å². The molecule has 0 aliphatic carbocycles. The quantitative estimate of drug-likeness (QED) is 0.422. The fourth-order valence-corrected chi connectivity index (χ4v) is 3.68. The van der Waals surface area contributed by atoms with E-state index >= 15 is 0 Å². The Morgan fingerprint density at radius 1 is 0.969 bits per heavy atom. The van der Waals surface area contributed by atoms with E-state index in [0.717, 1.165) is 11.1 Å². The number of ether oxygens (including phenoxy) is 1. The number of pyridine rings is 1. The molecular weight excluding hydrogens is 426 g/mol. The van der Waals surface area contributed by atoms with Gasteiger partial charge in [0.25, 0.3) is 5.56 Å². The average molecular weight is 448 g/mol. The van der Waals surface area contributed by atoms with Gasteiger partial charge in [0.15, 0.2) is 0 Å².